The van der Waals surface area contributed by atoms with E-state index >= 15 is 0 Å². The van der Waals surface area contributed by atoms with E-state index in [2.05, 4.69) is 17.0 Å². The summed E-state index contributed by atoms with van der Waals surface area (Å²) < 4.78 is 12.2. The average molecular weight is 627 g/mol. The van der Waals surface area contributed by atoms with Crippen LogP contribution in [0.4, 0.5) is 0 Å². The number of para-hydroxylation sites is 1. The lowest BCUT2D eigenvalue weighted by atomic mass is 9.55. The van der Waals surface area contributed by atoms with Crippen molar-refractivity contribution < 1.29 is 29.1 Å². The van der Waals surface area contributed by atoms with Gasteiger partial charge in [-0.1, -0.05) is 66.2 Å². The number of phenols is 1. The van der Waals surface area contributed by atoms with Crippen molar-refractivity contribution in [3.05, 3.63) is 106 Å². The van der Waals surface area contributed by atoms with Gasteiger partial charge in [-0.3, -0.25) is 19.4 Å². The van der Waals surface area contributed by atoms with Crippen LogP contribution in [0.3, 0.4) is 0 Å². The predicted octanol–water partition coefficient (Wildman–Crippen LogP) is 5.19. The number of benzene rings is 3. The number of nitrogens with zero attached hydrogens (tertiary/aromatic N) is 2. The Kier molecular flexibility index (Phi) is 8.44. The number of hydrogen-bond donors (Lipinski definition) is 2. The third-order valence-electron chi connectivity index (χ3n) is 9.90. The molecule has 8 nitrogen and oxygen atoms in total. The van der Waals surface area contributed by atoms with Crippen molar-refractivity contribution >= 4 is 30.5 Å². The topological polar surface area (TPSA) is 99.5 Å². The fourth-order valence-corrected chi connectivity index (χ4v) is 8.07. The van der Waals surface area contributed by atoms with Crippen LogP contribution in [-0.4, -0.2) is 64.6 Å². The van der Waals surface area contributed by atoms with E-state index in [0.29, 0.717) is 34.6 Å². The lowest BCUT2D eigenvalue weighted by Crippen LogP contribution is -2.48. The first-order chi connectivity index (χ1) is 21.9. The Labute approximate surface area is 268 Å². The third-order valence-corrected chi connectivity index (χ3v) is 10.2. The van der Waals surface area contributed by atoms with Crippen molar-refractivity contribution in [1.29, 1.82) is 0 Å². The molecule has 2 N–H and O–H groups in total. The molecule has 3 heterocycles. The van der Waals surface area contributed by atoms with Gasteiger partial charge >= 0.3 is 7.12 Å². The SMILES string of the molecule is O=C1[C@H]2[C@H](CC(COc3ccccc3)=C3B(O)O[C@H](c4ccc(O)cc4Cl)C[C@H]32)C(=O)N1C1CCN(Cc2ccccc2)CC1. The van der Waals surface area contributed by atoms with Gasteiger partial charge in [0.05, 0.1) is 17.9 Å². The van der Waals surface area contributed by atoms with Crippen LogP contribution in [0.15, 0.2) is 89.9 Å². The summed E-state index contributed by atoms with van der Waals surface area (Å²) in [5, 5.41) is 21.7. The molecule has 0 radical (unpaired) electrons. The average Bonchev–Trinajstić information content (AvgIpc) is 3.30. The summed E-state index contributed by atoms with van der Waals surface area (Å²) in [5.41, 5.74) is 3.31. The first-order valence-electron chi connectivity index (χ1n) is 15.7. The van der Waals surface area contributed by atoms with Crippen molar-refractivity contribution in [2.45, 2.75) is 44.4 Å². The van der Waals surface area contributed by atoms with Gasteiger partial charge in [-0.2, -0.15) is 0 Å². The van der Waals surface area contributed by atoms with E-state index in [0.717, 1.165) is 38.0 Å². The van der Waals surface area contributed by atoms with Crippen LogP contribution in [0.2, 0.25) is 5.02 Å². The Morgan fingerprint density at radius 2 is 1.64 bits per heavy atom. The van der Waals surface area contributed by atoms with E-state index in [9.17, 15) is 19.7 Å². The molecular formula is C35H36BClN2O6. The van der Waals surface area contributed by atoms with E-state index in [1.165, 1.54) is 17.7 Å². The van der Waals surface area contributed by atoms with Gasteiger partial charge in [0.1, 0.15) is 18.1 Å². The summed E-state index contributed by atoms with van der Waals surface area (Å²) in [6, 6.07) is 24.2. The molecule has 0 saturated carbocycles. The number of ether oxygens (including phenoxy) is 1. The number of rotatable bonds is 7. The standard InChI is InChI=1S/C35H36BClN2O6/c37-30-18-25(40)11-12-27(30)31-19-28-32-29(17-23(33(28)36(43)45-31)21-44-26-9-5-2-6-10-26)34(41)39(35(32)42)24-13-15-38(16-14-24)20-22-7-3-1-4-8-22/h1-12,18,24,28-29,31-32,40,43H,13-17,19-21H2/t28-,29-,31-,32+/m0/s1. The number of carbonyl (C=O) groups is 2. The second kappa shape index (κ2) is 12.6. The van der Waals surface area contributed by atoms with Gasteiger partial charge in [0.15, 0.2) is 0 Å². The lowest BCUT2D eigenvalue weighted by molar-refractivity contribution is -0.144. The van der Waals surface area contributed by atoms with Gasteiger partial charge in [-0.25, -0.2) is 0 Å². The molecule has 10 heteroatoms. The molecule has 3 saturated heterocycles. The van der Waals surface area contributed by atoms with Crippen LogP contribution in [0.1, 0.15) is 42.9 Å². The summed E-state index contributed by atoms with van der Waals surface area (Å²) >= 11 is 6.50. The summed E-state index contributed by atoms with van der Waals surface area (Å²) in [6.07, 6.45) is 1.55. The molecule has 232 valence electrons. The predicted molar refractivity (Wildman–Crippen MR) is 170 cm³/mol. The lowest BCUT2D eigenvalue weighted by Gasteiger charge is -2.42. The third kappa shape index (κ3) is 5.90. The van der Waals surface area contributed by atoms with Crippen molar-refractivity contribution in [2.75, 3.05) is 19.7 Å². The number of piperidine rings is 1. The molecule has 4 atom stereocenters. The number of hydrogen-bond acceptors (Lipinski definition) is 7. The number of phenolic OH excluding ortho intramolecular Hbond substituents is 1. The Bertz CT molecular complexity index is 1600. The highest BCUT2D eigenvalue weighted by Crippen LogP contribution is 2.52. The number of likely N-dealkylation sites (tertiary alicyclic amines) is 2. The minimum atomic E-state index is -1.29. The van der Waals surface area contributed by atoms with Crippen LogP contribution in [-0.2, 0) is 20.8 Å². The molecule has 45 heavy (non-hydrogen) atoms. The second-order valence-electron chi connectivity index (χ2n) is 12.6. The van der Waals surface area contributed by atoms with Gasteiger partial charge in [-0.05, 0) is 78.0 Å². The fraction of sp³-hybridized carbons (Fsp3) is 0.371. The summed E-state index contributed by atoms with van der Waals surface area (Å²) in [7, 11) is -1.29. The molecule has 3 aromatic rings. The molecule has 1 aliphatic carbocycles. The molecule has 2 amide bonds. The Hall–Kier alpha value is -3.63. The first-order valence-corrected chi connectivity index (χ1v) is 16.1. The van der Waals surface area contributed by atoms with Crippen molar-refractivity contribution in [3.63, 3.8) is 0 Å². The van der Waals surface area contributed by atoms with E-state index in [-0.39, 0.29) is 30.2 Å². The summed E-state index contributed by atoms with van der Waals surface area (Å²) in [4.78, 5) is 32.3. The van der Waals surface area contributed by atoms with Crippen LogP contribution >= 0.6 is 11.6 Å². The van der Waals surface area contributed by atoms with Crippen molar-refractivity contribution in [2.24, 2.45) is 17.8 Å². The zero-order valence-corrected chi connectivity index (χ0v) is 25.7. The van der Waals surface area contributed by atoms with Gasteiger partial charge < -0.3 is 19.5 Å². The Morgan fingerprint density at radius 3 is 2.36 bits per heavy atom. The number of fused-ring (bicyclic) bond motifs is 3. The maximum Gasteiger partial charge on any atom is 0.487 e. The van der Waals surface area contributed by atoms with Crippen LogP contribution in [0.5, 0.6) is 11.5 Å². The Morgan fingerprint density at radius 1 is 0.933 bits per heavy atom. The highest BCUT2D eigenvalue weighted by molar-refractivity contribution is 6.53. The minimum absolute atomic E-state index is 0.0285. The molecule has 7 rings (SSSR count). The number of allylic oxidation sites excluding steroid dienone is 1. The first kappa shape index (κ1) is 30.1. The molecule has 0 bridgehead atoms. The fourth-order valence-electron chi connectivity index (χ4n) is 7.77. The molecule has 3 aliphatic heterocycles. The maximum absolute atomic E-state index is 14.3. The zero-order valence-electron chi connectivity index (χ0n) is 24.9. The molecule has 0 unspecified atom stereocenters. The van der Waals surface area contributed by atoms with E-state index in [1.54, 1.807) is 11.0 Å². The second-order valence-corrected chi connectivity index (χ2v) is 13.0. The molecular weight excluding hydrogens is 591 g/mol. The van der Waals surface area contributed by atoms with E-state index in [1.807, 2.05) is 48.5 Å². The van der Waals surface area contributed by atoms with Crippen molar-refractivity contribution in [3.8, 4) is 11.5 Å². The van der Waals surface area contributed by atoms with Crippen LogP contribution in [0, 0.1) is 17.8 Å². The summed E-state index contributed by atoms with van der Waals surface area (Å²) in [5.74, 6) is -1.10. The molecule has 3 aromatic carbocycles. The van der Waals surface area contributed by atoms with Gasteiger partial charge in [0.25, 0.3) is 0 Å². The number of carbonyl (C=O) groups excluding carboxylic acids is 2. The highest BCUT2D eigenvalue weighted by Gasteiger charge is 2.59. The minimum Gasteiger partial charge on any atom is -0.508 e. The molecule has 3 fully saturated rings. The smallest absolute Gasteiger partial charge is 0.487 e. The monoisotopic (exact) mass is 626 g/mol. The normalized spacial score (nSPS) is 25.8. The van der Waals surface area contributed by atoms with Crippen LogP contribution in [0.25, 0.3) is 0 Å². The zero-order chi connectivity index (χ0) is 31.1. The van der Waals surface area contributed by atoms with E-state index in [4.69, 9.17) is 21.0 Å². The van der Waals surface area contributed by atoms with Gasteiger partial charge in [-0.15, -0.1) is 0 Å². The molecule has 0 aromatic heterocycles. The van der Waals surface area contributed by atoms with Gasteiger partial charge in [0, 0.05) is 30.7 Å². The van der Waals surface area contributed by atoms with Crippen molar-refractivity contribution in [1.82, 2.24) is 9.80 Å². The van der Waals surface area contributed by atoms with E-state index < -0.39 is 31.0 Å². The maximum atomic E-state index is 14.3. The summed E-state index contributed by atoms with van der Waals surface area (Å²) in [6.45, 7) is 2.65. The Balaban J connectivity index is 1.15. The molecule has 4 aliphatic rings. The molecule has 0 spiro atoms. The number of aromatic hydroxyl groups is 1. The quantitative estimate of drug-likeness (QED) is 0.275. The number of halogens is 1. The largest absolute Gasteiger partial charge is 0.508 e. The van der Waals surface area contributed by atoms with Crippen LogP contribution < -0.4 is 4.74 Å². The van der Waals surface area contributed by atoms with Gasteiger partial charge in [0.2, 0.25) is 11.8 Å². The highest BCUT2D eigenvalue weighted by atomic mass is 35.5. The number of imide groups is 1. The number of amides is 2.